The second-order valence-corrected chi connectivity index (χ2v) is 5.56. The lowest BCUT2D eigenvalue weighted by Crippen LogP contribution is -2.24. The van der Waals surface area contributed by atoms with Gasteiger partial charge in [0, 0.05) is 16.9 Å². The lowest BCUT2D eigenvalue weighted by molar-refractivity contribution is 1.35. The van der Waals surface area contributed by atoms with E-state index >= 15 is 0 Å². The van der Waals surface area contributed by atoms with Gasteiger partial charge in [0.15, 0.2) is 0 Å². The van der Waals surface area contributed by atoms with Crippen molar-refractivity contribution in [1.29, 1.82) is 0 Å². The molecule has 0 spiro atoms. The lowest BCUT2D eigenvalue weighted by Gasteiger charge is -2.26. The number of hydrogen-bond donors (Lipinski definition) is 0. The molecular formula is C20H17NS. The van der Waals surface area contributed by atoms with Crippen LogP contribution in [0.2, 0.25) is 0 Å². The van der Waals surface area contributed by atoms with Gasteiger partial charge < -0.3 is 4.90 Å². The van der Waals surface area contributed by atoms with Gasteiger partial charge in [-0.15, -0.1) is 0 Å². The van der Waals surface area contributed by atoms with Crippen LogP contribution in [-0.4, -0.2) is 4.99 Å². The number of hydrogen-bond acceptors (Lipinski definition) is 1. The summed E-state index contributed by atoms with van der Waals surface area (Å²) in [5.74, 6) is 0. The minimum Gasteiger partial charge on any atom is -0.301 e. The number of para-hydroxylation sites is 2. The Morgan fingerprint density at radius 3 is 1.59 bits per heavy atom. The Bertz CT molecular complexity index is 709. The van der Waals surface area contributed by atoms with Crippen LogP contribution < -0.4 is 4.90 Å². The molecule has 2 heteroatoms. The van der Waals surface area contributed by atoms with Crippen molar-refractivity contribution in [3.05, 3.63) is 96.1 Å². The number of rotatable bonds is 3. The van der Waals surface area contributed by atoms with Crippen molar-refractivity contribution < 1.29 is 0 Å². The molecule has 108 valence electrons. The van der Waals surface area contributed by atoms with Crippen LogP contribution in [-0.2, 0) is 0 Å². The zero-order valence-corrected chi connectivity index (χ0v) is 13.3. The molecular weight excluding hydrogens is 286 g/mol. The standard InChI is InChI=1S/C20H17NS/c1-16-12-14-17(15-13-16)20(22)21(18-8-4-2-5-9-18)19-10-6-3-7-11-19/h2-15H,1H3. The molecule has 0 unspecified atom stereocenters. The van der Waals surface area contributed by atoms with Crippen LogP contribution in [0.5, 0.6) is 0 Å². The molecule has 0 saturated carbocycles. The predicted octanol–water partition coefficient (Wildman–Crippen LogP) is 5.51. The highest BCUT2D eigenvalue weighted by atomic mass is 32.1. The monoisotopic (exact) mass is 303 g/mol. The zero-order chi connectivity index (χ0) is 15.4. The van der Waals surface area contributed by atoms with Gasteiger partial charge >= 0.3 is 0 Å². The molecule has 0 N–H and O–H groups in total. The van der Waals surface area contributed by atoms with E-state index in [4.69, 9.17) is 12.2 Å². The minimum absolute atomic E-state index is 0.803. The highest BCUT2D eigenvalue weighted by Gasteiger charge is 2.15. The molecule has 0 aliphatic heterocycles. The molecule has 0 aromatic heterocycles. The maximum atomic E-state index is 5.78. The Morgan fingerprint density at radius 1 is 0.682 bits per heavy atom. The van der Waals surface area contributed by atoms with Gasteiger partial charge in [-0.3, -0.25) is 0 Å². The minimum atomic E-state index is 0.803. The summed E-state index contributed by atoms with van der Waals surface area (Å²) in [5, 5.41) is 0. The van der Waals surface area contributed by atoms with Crippen LogP contribution in [0.25, 0.3) is 0 Å². The first kappa shape index (κ1) is 14.5. The van der Waals surface area contributed by atoms with Crippen LogP contribution in [0.3, 0.4) is 0 Å². The van der Waals surface area contributed by atoms with Crippen molar-refractivity contribution in [1.82, 2.24) is 0 Å². The molecule has 0 bridgehead atoms. The first-order chi connectivity index (χ1) is 10.8. The zero-order valence-electron chi connectivity index (χ0n) is 12.4. The predicted molar refractivity (Wildman–Crippen MR) is 97.9 cm³/mol. The second-order valence-electron chi connectivity index (χ2n) is 5.18. The van der Waals surface area contributed by atoms with Gasteiger partial charge in [0.2, 0.25) is 0 Å². The number of aryl methyl sites for hydroxylation is 1. The summed E-state index contributed by atoms with van der Waals surface area (Å²) in [4.78, 5) is 2.91. The second kappa shape index (κ2) is 6.54. The molecule has 0 saturated heterocycles. The third-order valence-corrected chi connectivity index (χ3v) is 3.95. The maximum absolute atomic E-state index is 5.78. The average molecular weight is 303 g/mol. The van der Waals surface area contributed by atoms with Gasteiger partial charge in [0.05, 0.1) is 0 Å². The van der Waals surface area contributed by atoms with Crippen LogP contribution >= 0.6 is 12.2 Å². The molecule has 0 aliphatic carbocycles. The Kier molecular flexibility index (Phi) is 4.31. The number of thiocarbonyl (C=S) groups is 1. The van der Waals surface area contributed by atoms with Crippen molar-refractivity contribution in [2.24, 2.45) is 0 Å². The van der Waals surface area contributed by atoms with Gasteiger partial charge in [-0.05, 0) is 31.2 Å². The van der Waals surface area contributed by atoms with E-state index in [1.165, 1.54) is 5.56 Å². The molecule has 3 rings (SSSR count). The van der Waals surface area contributed by atoms with Gasteiger partial charge in [-0.25, -0.2) is 0 Å². The largest absolute Gasteiger partial charge is 0.301 e. The molecule has 0 radical (unpaired) electrons. The average Bonchev–Trinajstić information content (AvgIpc) is 2.57. The van der Waals surface area contributed by atoms with Crippen molar-refractivity contribution in [2.75, 3.05) is 4.90 Å². The molecule has 0 atom stereocenters. The van der Waals surface area contributed by atoms with E-state index in [9.17, 15) is 0 Å². The van der Waals surface area contributed by atoms with Crippen molar-refractivity contribution in [3.63, 3.8) is 0 Å². The van der Waals surface area contributed by atoms with Crippen LogP contribution in [0.1, 0.15) is 11.1 Å². The molecule has 1 nitrogen and oxygen atoms in total. The first-order valence-corrected chi connectivity index (χ1v) is 7.68. The van der Waals surface area contributed by atoms with E-state index in [2.05, 4.69) is 60.4 Å². The van der Waals surface area contributed by atoms with Gasteiger partial charge in [0.25, 0.3) is 0 Å². The molecule has 0 heterocycles. The summed E-state index contributed by atoms with van der Waals surface area (Å²) in [6.07, 6.45) is 0. The SMILES string of the molecule is Cc1ccc(C(=S)N(c2ccccc2)c2ccccc2)cc1. The highest BCUT2D eigenvalue weighted by Crippen LogP contribution is 2.27. The normalized spacial score (nSPS) is 10.2. The summed E-state index contributed by atoms with van der Waals surface area (Å²) >= 11 is 5.78. The van der Waals surface area contributed by atoms with E-state index in [1.807, 2.05) is 36.4 Å². The molecule has 22 heavy (non-hydrogen) atoms. The third kappa shape index (κ3) is 3.07. The Hall–Kier alpha value is -2.45. The van der Waals surface area contributed by atoms with Crippen LogP contribution in [0, 0.1) is 6.92 Å². The quantitative estimate of drug-likeness (QED) is 0.587. The summed E-state index contributed by atoms with van der Waals surface area (Å²) < 4.78 is 0. The summed E-state index contributed by atoms with van der Waals surface area (Å²) in [6.45, 7) is 2.08. The fourth-order valence-electron chi connectivity index (χ4n) is 2.36. The smallest absolute Gasteiger partial charge is 0.118 e. The van der Waals surface area contributed by atoms with E-state index in [1.54, 1.807) is 0 Å². The fraction of sp³-hybridized carbons (Fsp3) is 0.0500. The van der Waals surface area contributed by atoms with Crippen molar-refractivity contribution in [2.45, 2.75) is 6.92 Å². The van der Waals surface area contributed by atoms with Gasteiger partial charge in [0.1, 0.15) is 4.99 Å². The van der Waals surface area contributed by atoms with Gasteiger partial charge in [-0.1, -0.05) is 78.4 Å². The van der Waals surface area contributed by atoms with E-state index in [-0.39, 0.29) is 0 Å². The van der Waals surface area contributed by atoms with Crippen LogP contribution in [0.15, 0.2) is 84.9 Å². The first-order valence-electron chi connectivity index (χ1n) is 7.27. The third-order valence-electron chi connectivity index (χ3n) is 3.53. The summed E-state index contributed by atoms with van der Waals surface area (Å²) in [7, 11) is 0. The Labute approximate surface area is 136 Å². The molecule has 3 aromatic carbocycles. The molecule has 0 aliphatic rings. The summed E-state index contributed by atoms with van der Waals surface area (Å²) in [5.41, 5.74) is 4.42. The summed E-state index contributed by atoms with van der Waals surface area (Å²) in [6, 6.07) is 28.8. The Morgan fingerprint density at radius 2 is 1.14 bits per heavy atom. The lowest BCUT2D eigenvalue weighted by atomic mass is 10.1. The van der Waals surface area contributed by atoms with Crippen LogP contribution in [0.4, 0.5) is 11.4 Å². The van der Waals surface area contributed by atoms with E-state index < -0.39 is 0 Å². The van der Waals surface area contributed by atoms with E-state index in [0.29, 0.717) is 0 Å². The number of benzene rings is 3. The fourth-order valence-corrected chi connectivity index (χ4v) is 2.71. The molecule has 3 aromatic rings. The van der Waals surface area contributed by atoms with Gasteiger partial charge in [-0.2, -0.15) is 0 Å². The molecule has 0 fully saturated rings. The maximum Gasteiger partial charge on any atom is 0.118 e. The van der Waals surface area contributed by atoms with Crippen molar-refractivity contribution in [3.8, 4) is 0 Å². The highest BCUT2D eigenvalue weighted by molar-refractivity contribution is 7.81. The van der Waals surface area contributed by atoms with E-state index in [0.717, 1.165) is 21.9 Å². The number of nitrogens with zero attached hydrogens (tertiary/aromatic N) is 1. The molecule has 0 amide bonds. The van der Waals surface area contributed by atoms with Crippen molar-refractivity contribution >= 4 is 28.6 Å². The number of anilines is 2. The Balaban J connectivity index is 2.06. The topological polar surface area (TPSA) is 3.24 Å².